The van der Waals surface area contributed by atoms with Crippen LogP contribution in [0, 0.1) is 0 Å². The van der Waals surface area contributed by atoms with Crippen LogP contribution in [0.25, 0.3) is 11.8 Å². The van der Waals surface area contributed by atoms with Crippen molar-refractivity contribution in [2.75, 3.05) is 12.9 Å². The number of halogens is 1. The van der Waals surface area contributed by atoms with Gasteiger partial charge in [0.25, 0.3) is 5.56 Å². The number of nitrogens with zero attached hydrogens (tertiary/aromatic N) is 2. The van der Waals surface area contributed by atoms with Gasteiger partial charge in [-0.2, -0.15) is 0 Å². The Labute approximate surface area is 274 Å². The fourth-order valence-electron chi connectivity index (χ4n) is 5.16. The molecule has 0 N–H and O–H groups in total. The second-order valence-corrected chi connectivity index (χ2v) is 12.5. The molecule has 1 aliphatic heterocycles. The third-order valence-electron chi connectivity index (χ3n) is 7.32. The molecule has 0 unspecified atom stereocenters. The normalized spacial score (nSPS) is 14.6. The van der Waals surface area contributed by atoms with Gasteiger partial charge in [0.1, 0.15) is 12.4 Å². The van der Waals surface area contributed by atoms with Crippen LogP contribution in [0.2, 0.25) is 5.02 Å². The Morgan fingerprint density at radius 3 is 2.40 bits per heavy atom. The number of thiazole rings is 1. The van der Waals surface area contributed by atoms with Crippen molar-refractivity contribution in [2.24, 2.45) is 4.99 Å². The van der Waals surface area contributed by atoms with Crippen LogP contribution in [0.4, 0.5) is 0 Å². The van der Waals surface area contributed by atoms with Crippen LogP contribution in [0.1, 0.15) is 35.2 Å². The first kappa shape index (κ1) is 30.6. The minimum absolute atomic E-state index is 0.194. The summed E-state index contributed by atoms with van der Waals surface area (Å²) in [6.45, 7) is 2.31. The number of ether oxygens (including phenoxy) is 2. The molecular weight excluding hydrogens is 624 g/mol. The molecule has 4 aromatic carbocycles. The molecule has 1 aromatic heterocycles. The van der Waals surface area contributed by atoms with Crippen molar-refractivity contribution in [1.82, 2.24) is 4.57 Å². The van der Waals surface area contributed by atoms with Crippen molar-refractivity contribution in [2.45, 2.75) is 24.5 Å². The number of hydrogen-bond donors (Lipinski definition) is 0. The summed E-state index contributed by atoms with van der Waals surface area (Å²) in [5.41, 5.74) is 3.85. The quantitative estimate of drug-likeness (QED) is 0.128. The number of carbonyl (C=O) groups excluding carboxylic acids is 1. The molecule has 6 nitrogen and oxygen atoms in total. The number of carbonyl (C=O) groups is 1. The van der Waals surface area contributed by atoms with Crippen LogP contribution >= 0.6 is 34.7 Å². The number of thioether (sulfide) groups is 1. The summed E-state index contributed by atoms with van der Waals surface area (Å²) in [7, 11) is 0. The minimum Gasteiger partial charge on any atom is -0.488 e. The zero-order valence-electron chi connectivity index (χ0n) is 24.6. The predicted molar refractivity (Wildman–Crippen MR) is 182 cm³/mol. The lowest BCUT2D eigenvalue weighted by atomic mass is 9.93. The fourth-order valence-corrected chi connectivity index (χ4v) is 6.68. The number of aromatic nitrogens is 1. The molecule has 1 aliphatic rings. The van der Waals surface area contributed by atoms with Gasteiger partial charge in [0, 0.05) is 21.0 Å². The van der Waals surface area contributed by atoms with Gasteiger partial charge < -0.3 is 9.47 Å². The van der Waals surface area contributed by atoms with Crippen LogP contribution in [-0.4, -0.2) is 23.4 Å². The summed E-state index contributed by atoms with van der Waals surface area (Å²) in [5.74, 6) is 0.133. The van der Waals surface area contributed by atoms with Gasteiger partial charge in [-0.1, -0.05) is 95.7 Å². The monoisotopic (exact) mass is 652 g/mol. The van der Waals surface area contributed by atoms with Crippen molar-refractivity contribution in [3.8, 4) is 5.75 Å². The Bertz CT molecular complexity index is 2050. The summed E-state index contributed by atoms with van der Waals surface area (Å²) in [5, 5.41) is 0.662. The molecule has 0 saturated heterocycles. The molecule has 45 heavy (non-hydrogen) atoms. The SMILES string of the molecule is CCOC(=O)C1=C(c2ccccc2)N=c2s/c(=C/c3ccccc3OCc3ccc(Cl)cc3)c(=O)n2[C@H]1c1ccc(SC)cc1. The number of para-hydroxylation sites is 1. The second-order valence-electron chi connectivity index (χ2n) is 10.2. The molecule has 0 bridgehead atoms. The zero-order chi connectivity index (χ0) is 31.3. The van der Waals surface area contributed by atoms with E-state index in [1.807, 2.05) is 115 Å². The largest absolute Gasteiger partial charge is 0.488 e. The Morgan fingerprint density at radius 1 is 0.978 bits per heavy atom. The zero-order valence-corrected chi connectivity index (χ0v) is 27.0. The van der Waals surface area contributed by atoms with Crippen LogP contribution in [0.15, 0.2) is 123 Å². The molecule has 226 valence electrons. The molecule has 0 aliphatic carbocycles. The molecule has 0 radical (unpaired) electrons. The lowest BCUT2D eigenvalue weighted by molar-refractivity contribution is -0.138. The average molecular weight is 653 g/mol. The highest BCUT2D eigenvalue weighted by molar-refractivity contribution is 7.98. The summed E-state index contributed by atoms with van der Waals surface area (Å²) in [4.78, 5) is 34.4. The standard InChI is InChI=1S/C36H29ClN2O4S2/c1-3-42-35(41)31-32(24-9-5-4-6-10-24)38-36-39(33(31)25-15-19-28(44-2)20-16-25)34(40)30(45-36)21-26-11-7-8-12-29(26)43-22-23-13-17-27(37)18-14-23/h4-21,33H,3,22H2,1-2H3/b30-21+/t33-/m0/s1. The first-order valence-corrected chi connectivity index (χ1v) is 16.8. The maximum atomic E-state index is 14.3. The third kappa shape index (κ3) is 6.54. The lowest BCUT2D eigenvalue weighted by Gasteiger charge is -2.26. The Kier molecular flexibility index (Phi) is 9.35. The Hall–Kier alpha value is -4.37. The average Bonchev–Trinajstić information content (AvgIpc) is 3.38. The molecule has 5 aromatic rings. The van der Waals surface area contributed by atoms with E-state index in [0.717, 1.165) is 27.1 Å². The maximum absolute atomic E-state index is 14.3. The number of rotatable bonds is 9. The van der Waals surface area contributed by atoms with Crippen molar-refractivity contribution < 1.29 is 14.3 Å². The summed E-state index contributed by atoms with van der Waals surface area (Å²) in [6.07, 6.45) is 3.83. The lowest BCUT2D eigenvalue weighted by Crippen LogP contribution is -2.40. The Morgan fingerprint density at radius 2 is 1.69 bits per heavy atom. The molecule has 0 fully saturated rings. The van der Waals surface area contributed by atoms with Crippen molar-refractivity contribution >= 4 is 52.4 Å². The van der Waals surface area contributed by atoms with Gasteiger partial charge in [0.05, 0.1) is 28.5 Å². The van der Waals surface area contributed by atoms with Crippen LogP contribution in [0.3, 0.4) is 0 Å². The van der Waals surface area contributed by atoms with Gasteiger partial charge in [-0.25, -0.2) is 9.79 Å². The fraction of sp³-hybridized carbons (Fsp3) is 0.139. The van der Waals surface area contributed by atoms with E-state index in [1.54, 1.807) is 23.3 Å². The molecule has 9 heteroatoms. The number of hydrogen-bond acceptors (Lipinski definition) is 7. The predicted octanol–water partition coefficient (Wildman–Crippen LogP) is 6.89. The van der Waals surface area contributed by atoms with Crippen molar-refractivity contribution in [3.63, 3.8) is 0 Å². The molecular formula is C36H29ClN2O4S2. The number of fused-ring (bicyclic) bond motifs is 1. The van der Waals surface area contributed by atoms with Crippen LogP contribution in [-0.2, 0) is 16.1 Å². The van der Waals surface area contributed by atoms with E-state index in [9.17, 15) is 9.59 Å². The highest BCUT2D eigenvalue weighted by Gasteiger charge is 2.35. The van der Waals surface area contributed by atoms with Gasteiger partial charge in [0.15, 0.2) is 4.80 Å². The smallest absolute Gasteiger partial charge is 0.338 e. The molecule has 2 heterocycles. The first-order valence-electron chi connectivity index (χ1n) is 14.4. The minimum atomic E-state index is -0.732. The van der Waals surface area contributed by atoms with Gasteiger partial charge in [0.2, 0.25) is 0 Å². The van der Waals surface area contributed by atoms with E-state index < -0.39 is 12.0 Å². The van der Waals surface area contributed by atoms with Gasteiger partial charge >= 0.3 is 5.97 Å². The number of benzene rings is 4. The molecule has 0 saturated carbocycles. The highest BCUT2D eigenvalue weighted by atomic mass is 35.5. The maximum Gasteiger partial charge on any atom is 0.338 e. The molecule has 0 spiro atoms. The van der Waals surface area contributed by atoms with Crippen LogP contribution in [0.5, 0.6) is 5.75 Å². The third-order valence-corrected chi connectivity index (χ3v) is 9.30. The van der Waals surface area contributed by atoms with E-state index in [2.05, 4.69) is 0 Å². The Balaban J connectivity index is 1.51. The van der Waals surface area contributed by atoms with Crippen LogP contribution < -0.4 is 19.6 Å². The molecule has 6 rings (SSSR count). The van der Waals surface area contributed by atoms with E-state index in [-0.39, 0.29) is 12.2 Å². The summed E-state index contributed by atoms with van der Waals surface area (Å²) in [6, 6.07) is 31.8. The van der Waals surface area contributed by atoms with Gasteiger partial charge in [-0.05, 0) is 60.7 Å². The second kappa shape index (κ2) is 13.7. The van der Waals surface area contributed by atoms with E-state index in [4.69, 9.17) is 26.1 Å². The van der Waals surface area contributed by atoms with Crippen molar-refractivity contribution in [1.29, 1.82) is 0 Å². The first-order chi connectivity index (χ1) is 22.0. The van der Waals surface area contributed by atoms with Gasteiger partial charge in [-0.3, -0.25) is 9.36 Å². The van der Waals surface area contributed by atoms with E-state index in [0.29, 0.717) is 38.0 Å². The molecule has 0 amide bonds. The van der Waals surface area contributed by atoms with E-state index in [1.165, 1.54) is 11.3 Å². The molecule has 1 atom stereocenters. The highest BCUT2D eigenvalue weighted by Crippen LogP contribution is 2.35. The van der Waals surface area contributed by atoms with Gasteiger partial charge in [-0.15, -0.1) is 11.8 Å². The van der Waals surface area contributed by atoms with E-state index >= 15 is 0 Å². The summed E-state index contributed by atoms with van der Waals surface area (Å²) < 4.78 is 13.8. The summed E-state index contributed by atoms with van der Waals surface area (Å²) >= 11 is 8.94. The van der Waals surface area contributed by atoms with Crippen molar-refractivity contribution in [3.05, 3.63) is 156 Å². The topological polar surface area (TPSA) is 69.9 Å². The number of esters is 1.